The Hall–Kier alpha value is -1.55. The van der Waals surface area contributed by atoms with Gasteiger partial charge in [-0.25, -0.2) is 4.98 Å². The number of hydrogen-bond donors (Lipinski definition) is 2. The van der Waals surface area contributed by atoms with Crippen LogP contribution >= 0.6 is 0 Å². The van der Waals surface area contributed by atoms with E-state index in [-0.39, 0.29) is 6.61 Å². The van der Waals surface area contributed by atoms with E-state index >= 15 is 0 Å². The first kappa shape index (κ1) is 13.9. The number of unbranched alkanes of at least 4 members (excludes halogenated alkanes) is 3. The number of rotatable bonds is 8. The van der Waals surface area contributed by atoms with E-state index < -0.39 is 0 Å². The zero-order valence-corrected chi connectivity index (χ0v) is 11.6. The third kappa shape index (κ3) is 3.47. The van der Waals surface area contributed by atoms with Crippen LogP contribution in [0.1, 0.15) is 32.6 Å². The predicted molar refractivity (Wildman–Crippen MR) is 79.5 cm³/mol. The maximum Gasteiger partial charge on any atom is 0.203 e. The van der Waals surface area contributed by atoms with Crippen LogP contribution in [0.5, 0.6) is 0 Å². The molecule has 0 aliphatic heterocycles. The monoisotopic (exact) mass is 261 g/mol. The molecule has 1 aromatic heterocycles. The van der Waals surface area contributed by atoms with Crippen molar-refractivity contribution in [1.82, 2.24) is 9.55 Å². The summed E-state index contributed by atoms with van der Waals surface area (Å²) in [5.41, 5.74) is 2.18. The molecule has 104 valence electrons. The molecule has 0 spiro atoms. The Morgan fingerprint density at radius 2 is 2.05 bits per heavy atom. The molecule has 1 heterocycles. The lowest BCUT2D eigenvalue weighted by Crippen LogP contribution is -2.11. The topological polar surface area (TPSA) is 50.1 Å². The molecule has 0 saturated heterocycles. The van der Waals surface area contributed by atoms with Gasteiger partial charge >= 0.3 is 0 Å². The zero-order valence-electron chi connectivity index (χ0n) is 11.6. The minimum absolute atomic E-state index is 0.124. The summed E-state index contributed by atoms with van der Waals surface area (Å²) < 4.78 is 2.22. The van der Waals surface area contributed by atoms with Crippen LogP contribution in [-0.2, 0) is 6.54 Å². The number of aryl methyl sites for hydroxylation is 1. The minimum Gasteiger partial charge on any atom is -0.395 e. The fourth-order valence-electron chi connectivity index (χ4n) is 2.30. The van der Waals surface area contributed by atoms with Crippen LogP contribution in [0, 0.1) is 0 Å². The average Bonchev–Trinajstić information content (AvgIpc) is 2.79. The van der Waals surface area contributed by atoms with Crippen molar-refractivity contribution >= 4 is 17.0 Å². The molecule has 0 aliphatic carbocycles. The molecule has 1 aromatic carbocycles. The van der Waals surface area contributed by atoms with Crippen LogP contribution in [0.15, 0.2) is 24.3 Å². The molecule has 2 rings (SSSR count). The van der Waals surface area contributed by atoms with Crippen molar-refractivity contribution < 1.29 is 5.11 Å². The van der Waals surface area contributed by atoms with Crippen molar-refractivity contribution in [3.63, 3.8) is 0 Å². The lowest BCUT2D eigenvalue weighted by molar-refractivity contribution is 0.310. The second kappa shape index (κ2) is 7.14. The van der Waals surface area contributed by atoms with Gasteiger partial charge in [-0.2, -0.15) is 0 Å². The smallest absolute Gasteiger partial charge is 0.203 e. The number of hydrogen-bond acceptors (Lipinski definition) is 3. The van der Waals surface area contributed by atoms with E-state index in [4.69, 9.17) is 5.11 Å². The molecule has 0 bridgehead atoms. The highest BCUT2D eigenvalue weighted by Crippen LogP contribution is 2.20. The first-order valence-corrected chi connectivity index (χ1v) is 7.16. The molecule has 2 N–H and O–H groups in total. The van der Waals surface area contributed by atoms with Gasteiger partial charge in [-0.05, 0) is 18.6 Å². The summed E-state index contributed by atoms with van der Waals surface area (Å²) in [6.45, 7) is 3.87. The Labute approximate surface area is 114 Å². The lowest BCUT2D eigenvalue weighted by atomic mass is 10.2. The van der Waals surface area contributed by atoms with E-state index in [2.05, 4.69) is 27.9 Å². The summed E-state index contributed by atoms with van der Waals surface area (Å²) in [6.07, 6.45) is 4.96. The Balaban J connectivity index is 2.16. The number of para-hydroxylation sites is 2. The van der Waals surface area contributed by atoms with E-state index in [0.717, 1.165) is 18.0 Å². The van der Waals surface area contributed by atoms with Crippen LogP contribution in [0.4, 0.5) is 5.95 Å². The third-order valence-corrected chi connectivity index (χ3v) is 3.28. The van der Waals surface area contributed by atoms with Gasteiger partial charge in [0, 0.05) is 13.1 Å². The van der Waals surface area contributed by atoms with Gasteiger partial charge in [0.2, 0.25) is 5.95 Å². The highest BCUT2D eigenvalue weighted by molar-refractivity contribution is 5.78. The van der Waals surface area contributed by atoms with Gasteiger partial charge in [-0.3, -0.25) is 0 Å². The Morgan fingerprint density at radius 3 is 2.84 bits per heavy atom. The molecule has 4 heteroatoms. The fraction of sp³-hybridized carbons (Fsp3) is 0.533. The van der Waals surface area contributed by atoms with E-state index in [9.17, 15) is 0 Å². The number of fused-ring (bicyclic) bond motifs is 1. The summed E-state index contributed by atoms with van der Waals surface area (Å²) in [4.78, 5) is 4.59. The van der Waals surface area contributed by atoms with Crippen LogP contribution in [0.3, 0.4) is 0 Å². The van der Waals surface area contributed by atoms with Crippen molar-refractivity contribution in [2.24, 2.45) is 0 Å². The molecule has 2 aromatic rings. The first-order valence-electron chi connectivity index (χ1n) is 7.16. The summed E-state index contributed by atoms with van der Waals surface area (Å²) in [5, 5.41) is 12.1. The van der Waals surface area contributed by atoms with Crippen molar-refractivity contribution in [1.29, 1.82) is 0 Å². The molecule has 0 unspecified atom stereocenters. The molecule has 19 heavy (non-hydrogen) atoms. The molecule has 0 amide bonds. The summed E-state index contributed by atoms with van der Waals surface area (Å²) >= 11 is 0. The first-order chi connectivity index (χ1) is 9.36. The quantitative estimate of drug-likeness (QED) is 0.718. The Kier molecular flexibility index (Phi) is 5.21. The van der Waals surface area contributed by atoms with Gasteiger partial charge in [0.25, 0.3) is 0 Å². The van der Waals surface area contributed by atoms with Gasteiger partial charge in [-0.1, -0.05) is 38.3 Å². The number of aliphatic hydroxyl groups excluding tert-OH is 1. The van der Waals surface area contributed by atoms with Gasteiger partial charge in [0.05, 0.1) is 17.6 Å². The van der Waals surface area contributed by atoms with Crippen LogP contribution in [-0.4, -0.2) is 27.8 Å². The highest BCUT2D eigenvalue weighted by atomic mass is 16.3. The number of nitrogens with zero attached hydrogens (tertiary/aromatic N) is 2. The number of nitrogens with one attached hydrogen (secondary N) is 1. The van der Waals surface area contributed by atoms with E-state index in [1.165, 1.54) is 31.2 Å². The highest BCUT2D eigenvalue weighted by Gasteiger charge is 2.09. The van der Waals surface area contributed by atoms with Crippen LogP contribution < -0.4 is 5.32 Å². The molecule has 4 nitrogen and oxygen atoms in total. The number of benzene rings is 1. The molecule has 0 aliphatic rings. The van der Waals surface area contributed by atoms with Crippen molar-refractivity contribution in [3.05, 3.63) is 24.3 Å². The van der Waals surface area contributed by atoms with E-state index in [0.29, 0.717) is 6.54 Å². The number of aromatic nitrogens is 2. The van der Waals surface area contributed by atoms with E-state index in [1.54, 1.807) is 0 Å². The third-order valence-electron chi connectivity index (χ3n) is 3.28. The molecule has 0 fully saturated rings. The lowest BCUT2D eigenvalue weighted by Gasteiger charge is -2.09. The van der Waals surface area contributed by atoms with Crippen molar-refractivity contribution in [3.8, 4) is 0 Å². The Bertz CT molecular complexity index is 507. The number of imidazole rings is 1. The van der Waals surface area contributed by atoms with Crippen molar-refractivity contribution in [2.75, 3.05) is 18.5 Å². The normalized spacial score (nSPS) is 11.1. The maximum absolute atomic E-state index is 8.94. The molecule has 0 atom stereocenters. The maximum atomic E-state index is 8.94. The molecular formula is C15H23N3O. The molecule has 0 saturated carbocycles. The molecular weight excluding hydrogens is 238 g/mol. The van der Waals surface area contributed by atoms with Crippen molar-refractivity contribution in [2.45, 2.75) is 39.2 Å². The summed E-state index contributed by atoms with van der Waals surface area (Å²) in [6, 6.07) is 8.18. The van der Waals surface area contributed by atoms with Gasteiger partial charge in [-0.15, -0.1) is 0 Å². The van der Waals surface area contributed by atoms with E-state index in [1.807, 2.05) is 18.2 Å². The summed E-state index contributed by atoms with van der Waals surface area (Å²) in [5.74, 6) is 0.867. The molecule has 0 radical (unpaired) electrons. The standard InChI is InChI=1S/C15H23N3O/c1-2-3-4-7-11-18-14-9-6-5-8-13(14)17-15(18)16-10-12-19/h5-6,8-9,19H,2-4,7,10-12H2,1H3,(H,16,17). The van der Waals surface area contributed by atoms with Gasteiger partial charge in [0.1, 0.15) is 0 Å². The zero-order chi connectivity index (χ0) is 13.5. The van der Waals surface area contributed by atoms with Crippen LogP contribution in [0.2, 0.25) is 0 Å². The number of aliphatic hydroxyl groups is 1. The second-order valence-corrected chi connectivity index (χ2v) is 4.79. The van der Waals surface area contributed by atoms with Crippen LogP contribution in [0.25, 0.3) is 11.0 Å². The largest absolute Gasteiger partial charge is 0.395 e. The fourth-order valence-corrected chi connectivity index (χ4v) is 2.30. The predicted octanol–water partition coefficient (Wildman–Crippen LogP) is 3.02. The Morgan fingerprint density at radius 1 is 1.21 bits per heavy atom. The van der Waals surface area contributed by atoms with Gasteiger partial charge < -0.3 is 15.0 Å². The minimum atomic E-state index is 0.124. The number of anilines is 1. The average molecular weight is 261 g/mol. The SMILES string of the molecule is CCCCCCn1c(NCCO)nc2ccccc21. The van der Waals surface area contributed by atoms with Gasteiger partial charge in [0.15, 0.2) is 0 Å². The second-order valence-electron chi connectivity index (χ2n) is 4.79. The summed E-state index contributed by atoms with van der Waals surface area (Å²) in [7, 11) is 0.